The van der Waals surface area contributed by atoms with Crippen molar-refractivity contribution in [2.24, 2.45) is 0 Å². The second-order valence-electron chi connectivity index (χ2n) is 8.43. The molecule has 0 unspecified atom stereocenters. The number of hydrogen-bond donors (Lipinski definition) is 0. The summed E-state index contributed by atoms with van der Waals surface area (Å²) >= 11 is 6.13. The van der Waals surface area contributed by atoms with Crippen LogP contribution in [0.5, 0.6) is 0 Å². The summed E-state index contributed by atoms with van der Waals surface area (Å²) in [6.45, 7) is 0. The standard InChI is InChI=1S/C26H23ClF6O6/c1-36-23(25(28,29)30,16-10-5-3-6-11-16)21(34)38-19-15-9-14-18(27)20(19)39-22(35)24(37-2,26(31,32)33)17-12-7-4-8-13-17/h3-8,10-14,19-20H,9,15H2,1-2H3/t19-,20-,23-,24-/m0/s1. The predicted octanol–water partition coefficient (Wildman–Crippen LogP) is 5.93. The minimum Gasteiger partial charge on any atom is -0.455 e. The van der Waals surface area contributed by atoms with E-state index in [0.29, 0.717) is 14.2 Å². The lowest BCUT2D eigenvalue weighted by Gasteiger charge is -2.38. The number of rotatable bonds is 8. The summed E-state index contributed by atoms with van der Waals surface area (Å²) in [5.74, 6) is -3.88. The molecular weight excluding hydrogens is 558 g/mol. The number of carbonyl (C=O) groups excluding carboxylic acids is 2. The Morgan fingerprint density at radius 1 is 0.744 bits per heavy atom. The van der Waals surface area contributed by atoms with Crippen molar-refractivity contribution >= 4 is 23.5 Å². The first-order valence-electron chi connectivity index (χ1n) is 11.4. The number of hydrogen-bond acceptors (Lipinski definition) is 6. The molecule has 0 spiro atoms. The zero-order valence-corrected chi connectivity index (χ0v) is 21.3. The van der Waals surface area contributed by atoms with Crippen molar-refractivity contribution < 1.29 is 54.9 Å². The Hall–Kier alpha value is -3.09. The van der Waals surface area contributed by atoms with E-state index in [9.17, 15) is 35.9 Å². The molecule has 6 nitrogen and oxygen atoms in total. The largest absolute Gasteiger partial charge is 0.455 e. The van der Waals surface area contributed by atoms with Gasteiger partial charge in [0.1, 0.15) is 6.10 Å². The van der Waals surface area contributed by atoms with Gasteiger partial charge in [0.25, 0.3) is 11.2 Å². The summed E-state index contributed by atoms with van der Waals surface area (Å²) < 4.78 is 105. The average molecular weight is 581 g/mol. The molecule has 0 N–H and O–H groups in total. The fraction of sp³-hybridized carbons (Fsp3) is 0.385. The van der Waals surface area contributed by atoms with Gasteiger partial charge in [-0.3, -0.25) is 0 Å². The monoisotopic (exact) mass is 580 g/mol. The van der Waals surface area contributed by atoms with E-state index < -0.39 is 58.8 Å². The van der Waals surface area contributed by atoms with Crippen molar-refractivity contribution in [2.75, 3.05) is 14.2 Å². The lowest BCUT2D eigenvalue weighted by molar-refractivity contribution is -0.284. The van der Waals surface area contributed by atoms with Crippen molar-refractivity contribution in [1.82, 2.24) is 0 Å². The molecule has 1 aliphatic rings. The smallest absolute Gasteiger partial charge is 0.432 e. The molecule has 1 aliphatic carbocycles. The van der Waals surface area contributed by atoms with Crippen LogP contribution >= 0.6 is 11.6 Å². The normalized spacial score (nSPS) is 21.2. The third kappa shape index (κ3) is 5.50. The molecule has 0 fully saturated rings. The lowest BCUT2D eigenvalue weighted by Crippen LogP contribution is -2.55. The van der Waals surface area contributed by atoms with Crippen molar-refractivity contribution in [3.05, 3.63) is 82.9 Å². The molecule has 0 amide bonds. The molecule has 212 valence electrons. The first-order chi connectivity index (χ1) is 18.3. The van der Waals surface area contributed by atoms with E-state index in [0.717, 1.165) is 24.3 Å². The third-order valence-corrected chi connectivity index (χ3v) is 6.61. The first-order valence-corrected chi connectivity index (χ1v) is 11.8. The Morgan fingerprint density at radius 2 is 1.15 bits per heavy atom. The van der Waals surface area contributed by atoms with Crippen LogP contribution < -0.4 is 0 Å². The highest BCUT2D eigenvalue weighted by Crippen LogP contribution is 2.46. The SMILES string of the molecule is CO[C@](C(=O)O[C@H]1CCC=C(Cl)[C@@H]1OC(=O)[C@@](OC)(c1ccccc1)C(F)(F)F)(c1ccccc1)C(F)(F)F. The van der Waals surface area contributed by atoms with Crippen LogP contribution in [-0.2, 0) is 39.7 Å². The fourth-order valence-corrected chi connectivity index (χ4v) is 4.57. The molecule has 2 aromatic carbocycles. The van der Waals surface area contributed by atoms with Gasteiger partial charge in [-0.05, 0) is 12.8 Å². The maximum atomic E-state index is 14.3. The summed E-state index contributed by atoms with van der Waals surface area (Å²) in [7, 11) is 1.30. The number of methoxy groups -OCH3 is 2. The van der Waals surface area contributed by atoms with Crippen LogP contribution in [0, 0.1) is 0 Å². The maximum Gasteiger partial charge on any atom is 0.432 e. The van der Waals surface area contributed by atoms with Gasteiger partial charge in [0.15, 0.2) is 6.10 Å². The summed E-state index contributed by atoms with van der Waals surface area (Å²) in [6.07, 6.45) is -13.0. The molecule has 0 heterocycles. The number of allylic oxidation sites excluding steroid dienone is 1. The second kappa shape index (κ2) is 11.6. The Bertz CT molecular complexity index is 1190. The van der Waals surface area contributed by atoms with E-state index in [4.69, 9.17) is 21.1 Å². The van der Waals surface area contributed by atoms with E-state index in [1.165, 1.54) is 42.5 Å². The summed E-state index contributed by atoms with van der Waals surface area (Å²) in [4.78, 5) is 26.2. The fourth-order valence-electron chi connectivity index (χ4n) is 4.28. The van der Waals surface area contributed by atoms with Gasteiger partial charge in [-0.25, -0.2) is 9.59 Å². The number of esters is 2. The first kappa shape index (κ1) is 30.5. The van der Waals surface area contributed by atoms with Gasteiger partial charge in [0.05, 0.1) is 5.03 Å². The molecule has 0 saturated carbocycles. The molecule has 0 aromatic heterocycles. The molecule has 0 bridgehead atoms. The van der Waals surface area contributed by atoms with Crippen LogP contribution in [0.1, 0.15) is 24.0 Å². The molecule has 0 radical (unpaired) electrons. The predicted molar refractivity (Wildman–Crippen MR) is 125 cm³/mol. The molecule has 4 atom stereocenters. The van der Waals surface area contributed by atoms with Crippen LogP contribution in [0.25, 0.3) is 0 Å². The van der Waals surface area contributed by atoms with E-state index in [-0.39, 0.29) is 17.9 Å². The highest BCUT2D eigenvalue weighted by Gasteiger charge is 2.66. The number of benzene rings is 2. The average Bonchev–Trinajstić information content (AvgIpc) is 2.87. The minimum atomic E-state index is -5.33. The summed E-state index contributed by atoms with van der Waals surface area (Å²) in [5, 5.41) is -0.345. The molecule has 13 heteroatoms. The zero-order valence-electron chi connectivity index (χ0n) is 20.5. The van der Waals surface area contributed by atoms with Crippen LogP contribution in [0.3, 0.4) is 0 Å². The quantitative estimate of drug-likeness (QED) is 0.285. The second-order valence-corrected chi connectivity index (χ2v) is 8.87. The highest BCUT2D eigenvalue weighted by atomic mass is 35.5. The van der Waals surface area contributed by atoms with Gasteiger partial charge < -0.3 is 18.9 Å². The maximum absolute atomic E-state index is 14.3. The molecule has 2 aromatic rings. The van der Waals surface area contributed by atoms with Crippen LogP contribution in [0.4, 0.5) is 26.3 Å². The van der Waals surface area contributed by atoms with Gasteiger partial charge >= 0.3 is 24.3 Å². The van der Waals surface area contributed by atoms with Gasteiger partial charge in [-0.1, -0.05) is 78.3 Å². The Labute approximate surface area is 224 Å². The zero-order chi connectivity index (χ0) is 29.1. The van der Waals surface area contributed by atoms with Gasteiger partial charge in [-0.15, -0.1) is 0 Å². The summed E-state index contributed by atoms with van der Waals surface area (Å²) in [5.41, 5.74) is -8.41. The Kier molecular flexibility index (Phi) is 9.03. The van der Waals surface area contributed by atoms with E-state index in [2.05, 4.69) is 9.47 Å². The molecule has 0 aliphatic heterocycles. The number of ether oxygens (including phenoxy) is 4. The Balaban J connectivity index is 1.99. The number of alkyl halides is 6. The van der Waals surface area contributed by atoms with E-state index >= 15 is 0 Å². The van der Waals surface area contributed by atoms with Gasteiger partial charge in [0, 0.05) is 25.3 Å². The van der Waals surface area contributed by atoms with E-state index in [1.54, 1.807) is 0 Å². The summed E-state index contributed by atoms with van der Waals surface area (Å²) in [6, 6.07) is 11.8. The lowest BCUT2D eigenvalue weighted by atomic mass is 9.91. The molecule has 39 heavy (non-hydrogen) atoms. The third-order valence-electron chi connectivity index (χ3n) is 6.24. The number of carbonyl (C=O) groups is 2. The van der Waals surface area contributed by atoms with Crippen LogP contribution in [0.2, 0.25) is 0 Å². The molecule has 0 saturated heterocycles. The van der Waals surface area contributed by atoms with Crippen molar-refractivity contribution in [2.45, 2.75) is 48.6 Å². The topological polar surface area (TPSA) is 71.1 Å². The van der Waals surface area contributed by atoms with Crippen LogP contribution in [0.15, 0.2) is 71.8 Å². The minimum absolute atomic E-state index is 0.0650. The van der Waals surface area contributed by atoms with Crippen LogP contribution in [-0.4, -0.2) is 50.7 Å². The van der Waals surface area contributed by atoms with Gasteiger partial charge in [0.2, 0.25) is 0 Å². The number of halogens is 7. The molecule has 3 rings (SSSR count). The van der Waals surface area contributed by atoms with Crippen molar-refractivity contribution in [3.63, 3.8) is 0 Å². The van der Waals surface area contributed by atoms with Crippen molar-refractivity contribution in [3.8, 4) is 0 Å². The highest BCUT2D eigenvalue weighted by molar-refractivity contribution is 6.30. The molecular formula is C26H23ClF6O6. The van der Waals surface area contributed by atoms with E-state index in [1.807, 2.05) is 0 Å². The van der Waals surface area contributed by atoms with Crippen molar-refractivity contribution in [1.29, 1.82) is 0 Å². The van der Waals surface area contributed by atoms with Gasteiger partial charge in [-0.2, -0.15) is 26.3 Å². The Morgan fingerprint density at radius 3 is 1.54 bits per heavy atom.